The maximum Gasteiger partial charge on any atom is 0.203 e. The molecule has 1 aromatic heterocycles. The molecule has 1 aromatic rings. The maximum absolute atomic E-state index is 5.17. The molecule has 0 aliphatic rings. The highest BCUT2D eigenvalue weighted by molar-refractivity contribution is 5.28. The van der Waals surface area contributed by atoms with Gasteiger partial charge in [0.15, 0.2) is 0 Å². The van der Waals surface area contributed by atoms with Gasteiger partial charge in [-0.3, -0.25) is 0 Å². The highest BCUT2D eigenvalue weighted by Crippen LogP contribution is 2.22. The third-order valence-electron chi connectivity index (χ3n) is 3.17. The Labute approximate surface area is 123 Å². The summed E-state index contributed by atoms with van der Waals surface area (Å²) in [6.07, 6.45) is 5.07. The average Bonchev–Trinajstić information content (AvgIpc) is 2.75. The van der Waals surface area contributed by atoms with Gasteiger partial charge in [-0.15, -0.1) is 0 Å². The predicted molar refractivity (Wildman–Crippen MR) is 84.2 cm³/mol. The van der Waals surface area contributed by atoms with E-state index in [0.29, 0.717) is 18.6 Å². The van der Waals surface area contributed by atoms with Crippen molar-refractivity contribution in [2.75, 3.05) is 39.7 Å². The third kappa shape index (κ3) is 5.51. The summed E-state index contributed by atoms with van der Waals surface area (Å²) in [5, 5.41) is 3.43. The van der Waals surface area contributed by atoms with Crippen molar-refractivity contribution in [1.82, 2.24) is 14.5 Å². The van der Waals surface area contributed by atoms with Crippen LogP contribution in [0.4, 0.5) is 5.95 Å². The Morgan fingerprint density at radius 1 is 1.35 bits per heavy atom. The molecule has 0 spiro atoms. The molecule has 0 saturated heterocycles. The fourth-order valence-corrected chi connectivity index (χ4v) is 2.47. The molecule has 2 atom stereocenters. The number of aromatic nitrogens is 2. The summed E-state index contributed by atoms with van der Waals surface area (Å²) in [5.41, 5.74) is 0. The van der Waals surface area contributed by atoms with Gasteiger partial charge in [-0.2, -0.15) is 0 Å². The number of likely N-dealkylation sites (N-methyl/N-ethyl adjacent to an activating group) is 1. The summed E-state index contributed by atoms with van der Waals surface area (Å²) in [6.45, 7) is 8.32. The number of hydrogen-bond acceptors (Lipinski definition) is 4. The molecule has 20 heavy (non-hydrogen) atoms. The topological polar surface area (TPSA) is 42.3 Å². The minimum Gasteiger partial charge on any atom is -0.383 e. The number of nitrogens with zero attached hydrogens (tertiary/aromatic N) is 3. The Morgan fingerprint density at radius 2 is 2.05 bits per heavy atom. The Morgan fingerprint density at radius 3 is 2.60 bits per heavy atom. The van der Waals surface area contributed by atoms with Crippen molar-refractivity contribution in [3.63, 3.8) is 0 Å². The van der Waals surface area contributed by atoms with Gasteiger partial charge in [-0.1, -0.05) is 13.8 Å². The van der Waals surface area contributed by atoms with Crippen molar-refractivity contribution in [3.8, 4) is 0 Å². The summed E-state index contributed by atoms with van der Waals surface area (Å²) in [6, 6.07) is 0.685. The van der Waals surface area contributed by atoms with Crippen molar-refractivity contribution in [3.05, 3.63) is 12.4 Å². The molecule has 5 heteroatoms. The Kier molecular flexibility index (Phi) is 7.02. The first-order chi connectivity index (χ1) is 9.43. The zero-order valence-corrected chi connectivity index (χ0v) is 13.8. The van der Waals surface area contributed by atoms with Crippen LogP contribution in [0.3, 0.4) is 0 Å². The van der Waals surface area contributed by atoms with Crippen molar-refractivity contribution in [1.29, 1.82) is 0 Å². The molecule has 0 aliphatic carbocycles. The van der Waals surface area contributed by atoms with Crippen LogP contribution in [0.5, 0.6) is 0 Å². The number of anilines is 1. The molecular formula is C15H30N4O. The van der Waals surface area contributed by atoms with Crippen LogP contribution < -0.4 is 5.32 Å². The van der Waals surface area contributed by atoms with Crippen LogP contribution in [0.15, 0.2) is 12.4 Å². The van der Waals surface area contributed by atoms with Crippen LogP contribution in [0.1, 0.15) is 33.2 Å². The van der Waals surface area contributed by atoms with Gasteiger partial charge in [0.25, 0.3) is 0 Å². The molecule has 0 saturated carbocycles. The van der Waals surface area contributed by atoms with Gasteiger partial charge >= 0.3 is 0 Å². The summed E-state index contributed by atoms with van der Waals surface area (Å²) < 4.78 is 7.43. The molecule has 0 aromatic carbocycles. The minimum atomic E-state index is 0.250. The number of ether oxygens (including phenoxy) is 1. The van der Waals surface area contributed by atoms with E-state index in [1.807, 2.05) is 6.20 Å². The first-order valence-corrected chi connectivity index (χ1v) is 7.37. The van der Waals surface area contributed by atoms with E-state index < -0.39 is 0 Å². The number of nitrogens with one attached hydrogen (secondary N) is 1. The molecule has 0 bridgehead atoms. The van der Waals surface area contributed by atoms with Crippen molar-refractivity contribution in [2.45, 2.75) is 39.3 Å². The van der Waals surface area contributed by atoms with Gasteiger partial charge in [0.05, 0.1) is 6.61 Å². The summed E-state index contributed by atoms with van der Waals surface area (Å²) in [5.74, 6) is 1.59. The van der Waals surface area contributed by atoms with Gasteiger partial charge in [0, 0.05) is 38.1 Å². The fourth-order valence-electron chi connectivity index (χ4n) is 2.47. The summed E-state index contributed by atoms with van der Waals surface area (Å²) in [4.78, 5) is 6.68. The maximum atomic E-state index is 5.17. The monoisotopic (exact) mass is 282 g/mol. The standard InChI is InChI=1S/C15H30N4O/c1-12(2)9-14(10-18(4)5)19-8-7-16-15(19)17-13(3)11-20-6/h7-8,12-14H,9-11H2,1-6H3,(H,16,17). The van der Waals surface area contributed by atoms with E-state index >= 15 is 0 Å². The molecule has 0 amide bonds. The van der Waals surface area contributed by atoms with E-state index in [4.69, 9.17) is 4.74 Å². The second-order valence-corrected chi connectivity index (χ2v) is 6.20. The van der Waals surface area contributed by atoms with E-state index in [-0.39, 0.29) is 6.04 Å². The minimum absolute atomic E-state index is 0.250. The SMILES string of the molecule is COCC(C)Nc1nccn1C(CC(C)C)CN(C)C. The molecule has 1 N–H and O–H groups in total. The molecule has 0 radical (unpaired) electrons. The summed E-state index contributed by atoms with van der Waals surface area (Å²) in [7, 11) is 5.95. The van der Waals surface area contributed by atoms with Crippen molar-refractivity contribution in [2.24, 2.45) is 5.92 Å². The lowest BCUT2D eigenvalue weighted by molar-refractivity contribution is 0.189. The van der Waals surface area contributed by atoms with Gasteiger partial charge in [-0.25, -0.2) is 4.98 Å². The Bertz CT molecular complexity index is 366. The molecular weight excluding hydrogens is 252 g/mol. The first-order valence-electron chi connectivity index (χ1n) is 7.37. The zero-order chi connectivity index (χ0) is 15.1. The van der Waals surface area contributed by atoms with Crippen LogP contribution in [0.2, 0.25) is 0 Å². The van der Waals surface area contributed by atoms with E-state index in [9.17, 15) is 0 Å². The number of rotatable bonds is 9. The van der Waals surface area contributed by atoms with Crippen molar-refractivity contribution >= 4 is 5.95 Å². The second kappa shape index (κ2) is 8.27. The quantitative estimate of drug-likeness (QED) is 0.755. The highest BCUT2D eigenvalue weighted by Gasteiger charge is 2.18. The van der Waals surface area contributed by atoms with Crippen LogP contribution in [-0.2, 0) is 4.74 Å². The zero-order valence-electron chi connectivity index (χ0n) is 13.8. The molecule has 0 aliphatic heterocycles. The predicted octanol–water partition coefficient (Wildman–Crippen LogP) is 2.48. The Balaban J connectivity index is 2.82. The fraction of sp³-hybridized carbons (Fsp3) is 0.800. The van der Waals surface area contributed by atoms with Crippen LogP contribution >= 0.6 is 0 Å². The van der Waals surface area contributed by atoms with E-state index in [1.54, 1.807) is 7.11 Å². The van der Waals surface area contributed by atoms with Gasteiger partial charge in [0.2, 0.25) is 5.95 Å². The van der Waals surface area contributed by atoms with Crippen molar-refractivity contribution < 1.29 is 4.74 Å². The first kappa shape index (κ1) is 17.0. The van der Waals surface area contributed by atoms with E-state index in [2.05, 4.69) is 60.8 Å². The second-order valence-electron chi connectivity index (χ2n) is 6.20. The van der Waals surface area contributed by atoms with Crippen LogP contribution in [-0.4, -0.2) is 54.8 Å². The van der Waals surface area contributed by atoms with Gasteiger partial charge < -0.3 is 19.5 Å². The Hall–Kier alpha value is -1.07. The normalized spacial score (nSPS) is 14.8. The smallest absolute Gasteiger partial charge is 0.203 e. The molecule has 1 heterocycles. The lowest BCUT2D eigenvalue weighted by Gasteiger charge is -2.26. The highest BCUT2D eigenvalue weighted by atomic mass is 16.5. The number of hydrogen-bond donors (Lipinski definition) is 1. The largest absolute Gasteiger partial charge is 0.383 e. The van der Waals surface area contributed by atoms with Crippen LogP contribution in [0.25, 0.3) is 0 Å². The molecule has 0 fully saturated rings. The lowest BCUT2D eigenvalue weighted by Crippen LogP contribution is -2.28. The molecule has 2 unspecified atom stereocenters. The molecule has 116 valence electrons. The lowest BCUT2D eigenvalue weighted by atomic mass is 10.0. The van der Waals surface area contributed by atoms with Gasteiger partial charge in [0.1, 0.15) is 0 Å². The third-order valence-corrected chi connectivity index (χ3v) is 3.17. The number of methoxy groups -OCH3 is 1. The summed E-state index contributed by atoms with van der Waals surface area (Å²) >= 11 is 0. The van der Waals surface area contributed by atoms with E-state index in [0.717, 1.165) is 18.9 Å². The molecule has 5 nitrogen and oxygen atoms in total. The van der Waals surface area contributed by atoms with E-state index in [1.165, 1.54) is 0 Å². The number of imidazole rings is 1. The van der Waals surface area contributed by atoms with Crippen LogP contribution in [0, 0.1) is 5.92 Å². The van der Waals surface area contributed by atoms with Gasteiger partial charge in [-0.05, 0) is 33.4 Å². The average molecular weight is 282 g/mol. The molecule has 1 rings (SSSR count).